The number of thiazole rings is 1. The summed E-state index contributed by atoms with van der Waals surface area (Å²) < 4.78 is 44.4. The Morgan fingerprint density at radius 1 is 1.39 bits per heavy atom. The van der Waals surface area contributed by atoms with Crippen LogP contribution in [0.15, 0.2) is 18.5 Å². The average molecular weight is 432 g/mol. The number of aryl methyl sites for hydroxylation is 1. The second-order valence-corrected chi connectivity index (χ2v) is 7.21. The third-order valence-corrected chi connectivity index (χ3v) is 4.90. The Balaban J connectivity index is 1.80. The Hall–Kier alpha value is -2.53. The Bertz CT molecular complexity index is 1020. The molecule has 0 saturated carbocycles. The van der Waals surface area contributed by atoms with Crippen LogP contribution in [0.2, 0.25) is 5.02 Å². The van der Waals surface area contributed by atoms with Gasteiger partial charge < -0.3 is 4.74 Å². The number of carbonyl (C=O) groups excluding carboxylic acids is 1. The fourth-order valence-corrected chi connectivity index (χ4v) is 3.34. The molecule has 7 nitrogen and oxygen atoms in total. The van der Waals surface area contributed by atoms with Gasteiger partial charge in [0.2, 0.25) is 0 Å². The first-order chi connectivity index (χ1) is 13.2. The Kier molecular flexibility index (Phi) is 5.66. The number of pyridine rings is 1. The first kappa shape index (κ1) is 20.2. The van der Waals surface area contributed by atoms with E-state index in [0.29, 0.717) is 15.6 Å². The van der Waals surface area contributed by atoms with Crippen LogP contribution >= 0.6 is 22.9 Å². The molecule has 3 rings (SSSR count). The van der Waals surface area contributed by atoms with Crippen LogP contribution in [0.4, 0.5) is 13.2 Å². The quantitative estimate of drug-likeness (QED) is 0.568. The van der Waals surface area contributed by atoms with Crippen molar-refractivity contribution in [1.29, 1.82) is 0 Å². The molecule has 0 amide bonds. The lowest BCUT2D eigenvalue weighted by molar-refractivity contribution is -0.137. The zero-order valence-electron chi connectivity index (χ0n) is 14.6. The summed E-state index contributed by atoms with van der Waals surface area (Å²) >= 11 is 7.17. The van der Waals surface area contributed by atoms with Gasteiger partial charge >= 0.3 is 12.1 Å². The minimum absolute atomic E-state index is 0.0268. The average Bonchev–Trinajstić information content (AvgIpc) is 3.22. The highest BCUT2D eigenvalue weighted by atomic mass is 35.5. The summed E-state index contributed by atoms with van der Waals surface area (Å²) in [6.45, 7) is 3.71. The summed E-state index contributed by atoms with van der Waals surface area (Å²) in [4.78, 5) is 20.6. The van der Waals surface area contributed by atoms with Gasteiger partial charge in [-0.1, -0.05) is 16.8 Å². The molecule has 0 aromatic carbocycles. The summed E-state index contributed by atoms with van der Waals surface area (Å²) in [5.74, 6) is -0.518. The van der Waals surface area contributed by atoms with Gasteiger partial charge in [-0.25, -0.2) is 14.5 Å². The van der Waals surface area contributed by atoms with Crippen molar-refractivity contribution in [2.45, 2.75) is 26.6 Å². The number of aromatic nitrogens is 5. The van der Waals surface area contributed by atoms with Gasteiger partial charge in [-0.05, 0) is 19.9 Å². The van der Waals surface area contributed by atoms with Gasteiger partial charge in [0, 0.05) is 11.1 Å². The van der Waals surface area contributed by atoms with Crippen molar-refractivity contribution < 1.29 is 22.7 Å². The van der Waals surface area contributed by atoms with Crippen molar-refractivity contribution in [3.8, 4) is 10.7 Å². The normalized spacial score (nSPS) is 11.6. The summed E-state index contributed by atoms with van der Waals surface area (Å²) in [5, 5.41) is 8.25. The maximum absolute atomic E-state index is 12.7. The molecular formula is C16H13ClF3N5O2S. The molecule has 0 aliphatic heterocycles. The number of nitrogens with zero attached hydrogens (tertiary/aromatic N) is 5. The van der Waals surface area contributed by atoms with E-state index in [2.05, 4.69) is 20.3 Å². The standard InChI is InChI=1S/C16H13ClF3N5O2S/c1-3-27-15(26)13-8(2)28-14(22-13)12-7-25(24-23-12)6-11-10(17)4-9(5-21-11)16(18,19)20/h4-5,7H,3,6H2,1-2H3. The minimum atomic E-state index is -4.52. The maximum atomic E-state index is 12.7. The van der Waals surface area contributed by atoms with Crippen molar-refractivity contribution in [2.24, 2.45) is 0 Å². The molecule has 28 heavy (non-hydrogen) atoms. The van der Waals surface area contributed by atoms with Crippen LogP contribution in [0.1, 0.15) is 33.5 Å². The van der Waals surface area contributed by atoms with Gasteiger partial charge in [0.1, 0.15) is 10.7 Å². The zero-order valence-corrected chi connectivity index (χ0v) is 16.2. The fourth-order valence-electron chi connectivity index (χ4n) is 2.26. The molecule has 0 aliphatic rings. The summed E-state index contributed by atoms with van der Waals surface area (Å²) in [6.07, 6.45) is -2.26. The van der Waals surface area contributed by atoms with E-state index >= 15 is 0 Å². The van der Waals surface area contributed by atoms with Crippen molar-refractivity contribution in [3.05, 3.63) is 45.3 Å². The molecule has 0 aliphatic carbocycles. The van der Waals surface area contributed by atoms with Gasteiger partial charge in [-0.3, -0.25) is 4.98 Å². The lowest BCUT2D eigenvalue weighted by Gasteiger charge is -2.08. The van der Waals surface area contributed by atoms with Crippen LogP contribution in [0.3, 0.4) is 0 Å². The first-order valence-corrected chi connectivity index (χ1v) is 9.15. The Morgan fingerprint density at radius 2 is 2.14 bits per heavy atom. The number of ether oxygens (including phenoxy) is 1. The van der Waals surface area contributed by atoms with E-state index < -0.39 is 17.7 Å². The second-order valence-electron chi connectivity index (χ2n) is 5.60. The number of carbonyl (C=O) groups is 1. The van der Waals surface area contributed by atoms with Crippen LogP contribution in [0, 0.1) is 6.92 Å². The molecule has 0 unspecified atom stereocenters. The van der Waals surface area contributed by atoms with E-state index in [1.54, 1.807) is 20.0 Å². The van der Waals surface area contributed by atoms with E-state index in [1.165, 1.54) is 16.0 Å². The molecule has 0 atom stereocenters. The molecule has 3 aromatic heterocycles. The van der Waals surface area contributed by atoms with Gasteiger partial charge in [0.25, 0.3) is 0 Å². The van der Waals surface area contributed by atoms with Crippen molar-refractivity contribution in [1.82, 2.24) is 25.0 Å². The van der Waals surface area contributed by atoms with E-state index in [1.807, 2.05) is 0 Å². The molecule has 3 heterocycles. The number of rotatable bonds is 5. The molecule has 148 valence electrons. The fraction of sp³-hybridized carbons (Fsp3) is 0.312. The number of hydrogen-bond donors (Lipinski definition) is 0. The summed E-state index contributed by atoms with van der Waals surface area (Å²) in [7, 11) is 0. The lowest BCUT2D eigenvalue weighted by Crippen LogP contribution is -2.08. The molecule has 0 radical (unpaired) electrons. The molecule has 0 N–H and O–H groups in total. The van der Waals surface area contributed by atoms with E-state index in [9.17, 15) is 18.0 Å². The Morgan fingerprint density at radius 3 is 2.79 bits per heavy atom. The van der Waals surface area contributed by atoms with Gasteiger partial charge in [0.05, 0.1) is 35.6 Å². The number of halogens is 4. The topological polar surface area (TPSA) is 82.8 Å². The third kappa shape index (κ3) is 4.30. The highest BCUT2D eigenvalue weighted by Crippen LogP contribution is 2.31. The highest BCUT2D eigenvalue weighted by Gasteiger charge is 2.31. The third-order valence-electron chi connectivity index (χ3n) is 3.58. The van der Waals surface area contributed by atoms with Crippen LogP contribution in [0.5, 0.6) is 0 Å². The molecule has 0 saturated heterocycles. The van der Waals surface area contributed by atoms with Gasteiger partial charge in [0.15, 0.2) is 5.69 Å². The highest BCUT2D eigenvalue weighted by molar-refractivity contribution is 7.15. The van der Waals surface area contributed by atoms with Crippen LogP contribution < -0.4 is 0 Å². The molecular weight excluding hydrogens is 419 g/mol. The van der Waals surface area contributed by atoms with Crippen molar-refractivity contribution >= 4 is 28.9 Å². The van der Waals surface area contributed by atoms with Crippen LogP contribution in [-0.4, -0.2) is 37.5 Å². The molecule has 3 aromatic rings. The van der Waals surface area contributed by atoms with E-state index in [-0.39, 0.29) is 29.6 Å². The lowest BCUT2D eigenvalue weighted by atomic mass is 10.2. The number of hydrogen-bond acceptors (Lipinski definition) is 7. The predicted molar refractivity (Wildman–Crippen MR) is 95.2 cm³/mol. The first-order valence-electron chi connectivity index (χ1n) is 7.95. The van der Waals surface area contributed by atoms with E-state index in [0.717, 1.165) is 12.3 Å². The zero-order chi connectivity index (χ0) is 20.5. The smallest absolute Gasteiger partial charge is 0.417 e. The Labute approximate surface area is 166 Å². The van der Waals surface area contributed by atoms with E-state index in [4.69, 9.17) is 16.3 Å². The van der Waals surface area contributed by atoms with Crippen LogP contribution in [-0.2, 0) is 17.5 Å². The monoisotopic (exact) mass is 431 g/mol. The largest absolute Gasteiger partial charge is 0.461 e. The molecule has 12 heteroatoms. The number of alkyl halides is 3. The second kappa shape index (κ2) is 7.84. The minimum Gasteiger partial charge on any atom is -0.461 e. The molecule has 0 bridgehead atoms. The van der Waals surface area contributed by atoms with Gasteiger partial charge in [-0.15, -0.1) is 16.4 Å². The van der Waals surface area contributed by atoms with Crippen molar-refractivity contribution in [3.63, 3.8) is 0 Å². The SMILES string of the molecule is CCOC(=O)c1nc(-c2cn(Cc3ncc(C(F)(F)F)cc3Cl)nn2)sc1C. The number of esters is 1. The predicted octanol–water partition coefficient (Wildman–Crippen LogP) is 4.00. The van der Waals surface area contributed by atoms with Crippen LogP contribution in [0.25, 0.3) is 10.7 Å². The summed E-state index contributed by atoms with van der Waals surface area (Å²) in [6, 6.07) is 0.817. The summed E-state index contributed by atoms with van der Waals surface area (Å²) in [5.41, 5.74) is -0.0885. The molecule has 0 fully saturated rings. The van der Waals surface area contributed by atoms with Crippen molar-refractivity contribution in [2.75, 3.05) is 6.61 Å². The molecule has 0 spiro atoms. The van der Waals surface area contributed by atoms with Gasteiger partial charge in [-0.2, -0.15) is 13.2 Å². The maximum Gasteiger partial charge on any atom is 0.417 e.